The van der Waals surface area contributed by atoms with Gasteiger partial charge in [-0.25, -0.2) is 4.79 Å². The van der Waals surface area contributed by atoms with Crippen LogP contribution >= 0.6 is 0 Å². The molecule has 126 valence electrons. The van der Waals surface area contributed by atoms with Gasteiger partial charge < -0.3 is 14.7 Å². The Labute approximate surface area is 141 Å². The van der Waals surface area contributed by atoms with Gasteiger partial charge in [-0.05, 0) is 35.7 Å². The minimum atomic E-state index is -0.992. The molecule has 1 N–H and O–H groups in total. The monoisotopic (exact) mass is 327 g/mol. The largest absolute Gasteiger partial charge is 0.496 e. The third kappa shape index (κ3) is 4.59. The number of benzene rings is 2. The van der Waals surface area contributed by atoms with Crippen LogP contribution in [0.2, 0.25) is 0 Å². The van der Waals surface area contributed by atoms with E-state index in [0.717, 1.165) is 11.3 Å². The Kier molecular flexibility index (Phi) is 5.95. The number of hydrogen-bond acceptors (Lipinski definition) is 3. The number of nitrogens with zero attached hydrogens (tertiary/aromatic N) is 1. The van der Waals surface area contributed by atoms with Gasteiger partial charge in [0.15, 0.2) is 0 Å². The smallest absolute Gasteiger partial charge is 0.335 e. The highest BCUT2D eigenvalue weighted by Crippen LogP contribution is 2.18. The fourth-order valence-electron chi connectivity index (χ4n) is 2.45. The van der Waals surface area contributed by atoms with Crippen LogP contribution < -0.4 is 4.74 Å². The molecule has 0 fully saturated rings. The van der Waals surface area contributed by atoms with Crippen LogP contribution in [0, 0.1) is 0 Å². The quantitative estimate of drug-likeness (QED) is 0.849. The SMILES string of the molecule is COc1ccccc1CCN(C)C(=O)Cc1cccc(C(=O)O)c1. The van der Waals surface area contributed by atoms with Crippen molar-refractivity contribution >= 4 is 11.9 Å². The summed E-state index contributed by atoms with van der Waals surface area (Å²) in [6.45, 7) is 0.567. The first kappa shape index (κ1) is 17.5. The minimum Gasteiger partial charge on any atom is -0.496 e. The predicted molar refractivity (Wildman–Crippen MR) is 91.4 cm³/mol. The van der Waals surface area contributed by atoms with Crippen molar-refractivity contribution in [3.8, 4) is 5.75 Å². The number of carbonyl (C=O) groups is 2. The van der Waals surface area contributed by atoms with E-state index in [-0.39, 0.29) is 17.9 Å². The second-order valence-electron chi connectivity index (χ2n) is 5.56. The number of carboxylic acid groups (broad SMARTS) is 1. The number of para-hydroxylation sites is 1. The summed E-state index contributed by atoms with van der Waals surface area (Å²) in [6.07, 6.45) is 0.880. The number of likely N-dealkylation sites (N-methyl/N-ethyl adjacent to an activating group) is 1. The highest BCUT2D eigenvalue weighted by atomic mass is 16.5. The van der Waals surface area contributed by atoms with Gasteiger partial charge in [-0.1, -0.05) is 30.3 Å². The van der Waals surface area contributed by atoms with E-state index in [9.17, 15) is 9.59 Å². The first-order chi connectivity index (χ1) is 11.5. The summed E-state index contributed by atoms with van der Waals surface area (Å²) in [6, 6.07) is 14.2. The van der Waals surface area contributed by atoms with Crippen LogP contribution in [0.1, 0.15) is 21.5 Å². The summed E-state index contributed by atoms with van der Waals surface area (Å²) in [5.41, 5.74) is 1.94. The molecule has 0 aliphatic heterocycles. The molecule has 1 amide bonds. The molecule has 0 unspecified atom stereocenters. The van der Waals surface area contributed by atoms with Crippen LogP contribution in [0.15, 0.2) is 48.5 Å². The van der Waals surface area contributed by atoms with Crippen LogP contribution in [0.5, 0.6) is 5.75 Å². The first-order valence-electron chi connectivity index (χ1n) is 7.69. The van der Waals surface area contributed by atoms with Gasteiger partial charge in [-0.15, -0.1) is 0 Å². The number of carboxylic acids is 1. The standard InChI is InChI=1S/C19H21NO4/c1-20(11-10-15-7-3-4-9-17(15)24-2)18(21)13-14-6-5-8-16(12-14)19(22)23/h3-9,12H,10-11,13H2,1-2H3,(H,22,23). The van der Waals surface area contributed by atoms with Gasteiger partial charge in [0.1, 0.15) is 5.75 Å². The van der Waals surface area contributed by atoms with Gasteiger partial charge in [0.25, 0.3) is 0 Å². The Morgan fingerprint density at radius 1 is 1.12 bits per heavy atom. The van der Waals surface area contributed by atoms with E-state index < -0.39 is 5.97 Å². The van der Waals surface area contributed by atoms with Gasteiger partial charge >= 0.3 is 5.97 Å². The lowest BCUT2D eigenvalue weighted by molar-refractivity contribution is -0.129. The van der Waals surface area contributed by atoms with Gasteiger partial charge in [-0.2, -0.15) is 0 Å². The minimum absolute atomic E-state index is 0.0487. The number of hydrogen-bond donors (Lipinski definition) is 1. The van der Waals surface area contributed by atoms with Crippen molar-refractivity contribution in [2.75, 3.05) is 20.7 Å². The molecule has 0 heterocycles. The normalized spacial score (nSPS) is 10.2. The molecular formula is C19H21NO4. The zero-order valence-electron chi connectivity index (χ0n) is 13.9. The highest BCUT2D eigenvalue weighted by molar-refractivity contribution is 5.88. The van der Waals surface area contributed by atoms with Gasteiger partial charge in [0.05, 0.1) is 19.1 Å². The summed E-state index contributed by atoms with van der Waals surface area (Å²) in [5, 5.41) is 9.01. The Hall–Kier alpha value is -2.82. The topological polar surface area (TPSA) is 66.8 Å². The zero-order valence-corrected chi connectivity index (χ0v) is 13.9. The lowest BCUT2D eigenvalue weighted by Gasteiger charge is -2.18. The van der Waals surface area contributed by atoms with E-state index in [0.29, 0.717) is 18.5 Å². The van der Waals surface area contributed by atoms with E-state index in [2.05, 4.69) is 0 Å². The molecule has 0 saturated heterocycles. The maximum atomic E-state index is 12.3. The van der Waals surface area contributed by atoms with E-state index in [4.69, 9.17) is 9.84 Å². The van der Waals surface area contributed by atoms with Crippen LogP contribution in [0.4, 0.5) is 0 Å². The average Bonchev–Trinajstić information content (AvgIpc) is 2.60. The van der Waals surface area contributed by atoms with Crippen molar-refractivity contribution in [1.29, 1.82) is 0 Å². The van der Waals surface area contributed by atoms with E-state index >= 15 is 0 Å². The molecule has 0 spiro atoms. The third-order valence-electron chi connectivity index (χ3n) is 3.86. The van der Waals surface area contributed by atoms with E-state index in [1.807, 2.05) is 24.3 Å². The Balaban J connectivity index is 1.95. The summed E-state index contributed by atoms with van der Waals surface area (Å²) in [5.74, 6) is -0.228. The van der Waals surface area contributed by atoms with Crippen LogP contribution in [-0.4, -0.2) is 42.6 Å². The molecule has 0 aliphatic rings. The fourth-order valence-corrected chi connectivity index (χ4v) is 2.45. The molecule has 0 atom stereocenters. The van der Waals surface area contributed by atoms with Gasteiger partial charge in [-0.3, -0.25) is 4.79 Å². The molecule has 0 saturated carbocycles. The predicted octanol–water partition coefficient (Wildman–Crippen LogP) is 2.64. The number of ether oxygens (including phenoxy) is 1. The maximum absolute atomic E-state index is 12.3. The Morgan fingerprint density at radius 2 is 1.88 bits per heavy atom. The summed E-state index contributed by atoms with van der Waals surface area (Å²) in [7, 11) is 3.38. The number of amides is 1. The molecule has 0 aromatic heterocycles. The van der Waals surface area contributed by atoms with Crippen molar-refractivity contribution in [2.24, 2.45) is 0 Å². The lowest BCUT2D eigenvalue weighted by atomic mass is 10.1. The second-order valence-corrected chi connectivity index (χ2v) is 5.56. The first-order valence-corrected chi connectivity index (χ1v) is 7.69. The molecule has 0 aliphatic carbocycles. The highest BCUT2D eigenvalue weighted by Gasteiger charge is 2.12. The second kappa shape index (κ2) is 8.15. The zero-order chi connectivity index (χ0) is 17.5. The number of carbonyl (C=O) groups excluding carboxylic acids is 1. The molecule has 24 heavy (non-hydrogen) atoms. The van der Waals surface area contributed by atoms with Gasteiger partial charge in [0.2, 0.25) is 5.91 Å². The third-order valence-corrected chi connectivity index (χ3v) is 3.86. The number of aromatic carboxylic acids is 1. The van der Waals surface area contributed by atoms with Crippen molar-refractivity contribution in [3.63, 3.8) is 0 Å². The number of methoxy groups -OCH3 is 1. The molecule has 5 nitrogen and oxygen atoms in total. The fraction of sp³-hybridized carbons (Fsp3) is 0.263. The van der Waals surface area contributed by atoms with Crippen molar-refractivity contribution < 1.29 is 19.4 Å². The Bertz CT molecular complexity index is 727. The summed E-state index contributed by atoms with van der Waals surface area (Å²) >= 11 is 0. The van der Waals surface area contributed by atoms with Crippen LogP contribution in [-0.2, 0) is 17.6 Å². The molecular weight excluding hydrogens is 306 g/mol. The Morgan fingerprint density at radius 3 is 2.58 bits per heavy atom. The lowest BCUT2D eigenvalue weighted by Crippen LogP contribution is -2.30. The van der Waals surface area contributed by atoms with Crippen molar-refractivity contribution in [2.45, 2.75) is 12.8 Å². The van der Waals surface area contributed by atoms with Crippen LogP contribution in [0.25, 0.3) is 0 Å². The van der Waals surface area contributed by atoms with E-state index in [1.54, 1.807) is 31.2 Å². The number of rotatable bonds is 7. The molecule has 2 rings (SSSR count). The molecule has 2 aromatic carbocycles. The molecule has 5 heteroatoms. The molecule has 2 aromatic rings. The molecule has 0 radical (unpaired) electrons. The molecule has 0 bridgehead atoms. The maximum Gasteiger partial charge on any atom is 0.335 e. The van der Waals surface area contributed by atoms with Gasteiger partial charge in [0, 0.05) is 13.6 Å². The van der Waals surface area contributed by atoms with Crippen molar-refractivity contribution in [3.05, 3.63) is 65.2 Å². The van der Waals surface area contributed by atoms with Crippen molar-refractivity contribution in [1.82, 2.24) is 4.90 Å². The summed E-state index contributed by atoms with van der Waals surface area (Å²) < 4.78 is 5.31. The van der Waals surface area contributed by atoms with E-state index in [1.165, 1.54) is 12.1 Å². The summed E-state index contributed by atoms with van der Waals surface area (Å²) in [4.78, 5) is 25.0. The van der Waals surface area contributed by atoms with Crippen LogP contribution in [0.3, 0.4) is 0 Å². The average molecular weight is 327 g/mol.